The van der Waals surface area contributed by atoms with Crippen molar-refractivity contribution in [3.63, 3.8) is 0 Å². The van der Waals surface area contributed by atoms with Crippen molar-refractivity contribution in [2.45, 2.75) is 25.2 Å². The summed E-state index contributed by atoms with van der Waals surface area (Å²) in [6, 6.07) is 2.13. The van der Waals surface area contributed by atoms with Gasteiger partial charge in [-0.2, -0.15) is 13.2 Å². The van der Waals surface area contributed by atoms with Gasteiger partial charge in [-0.25, -0.2) is 0 Å². The van der Waals surface area contributed by atoms with E-state index < -0.39 is 17.8 Å². The van der Waals surface area contributed by atoms with Gasteiger partial charge < -0.3 is 9.73 Å². The number of pyridine rings is 1. The van der Waals surface area contributed by atoms with Crippen LogP contribution < -0.4 is 5.32 Å². The zero-order valence-electron chi connectivity index (χ0n) is 12.1. The second kappa shape index (κ2) is 4.95. The van der Waals surface area contributed by atoms with Crippen LogP contribution in [0.1, 0.15) is 29.1 Å². The number of piperidine rings is 1. The summed E-state index contributed by atoms with van der Waals surface area (Å²) in [5, 5.41) is 3.11. The van der Waals surface area contributed by atoms with E-state index in [4.69, 9.17) is 4.42 Å². The minimum atomic E-state index is -4.56. The molecule has 0 aliphatic carbocycles. The van der Waals surface area contributed by atoms with Crippen LogP contribution >= 0.6 is 0 Å². The Morgan fingerprint density at radius 1 is 1.39 bits per heavy atom. The van der Waals surface area contributed by atoms with Crippen LogP contribution in [0.2, 0.25) is 0 Å². The molecule has 2 fully saturated rings. The summed E-state index contributed by atoms with van der Waals surface area (Å²) in [5.41, 5.74) is 0.0651. The smallest absolute Gasteiger partial charge is 0.449 e. The number of hydrogen-bond donors (Lipinski definition) is 1. The highest BCUT2D eigenvalue weighted by Crippen LogP contribution is 2.34. The fourth-order valence-electron chi connectivity index (χ4n) is 3.38. The molecule has 2 saturated heterocycles. The van der Waals surface area contributed by atoms with Gasteiger partial charge in [0.1, 0.15) is 11.3 Å². The molecular formula is C15H14F3N3O2. The zero-order chi connectivity index (χ0) is 16.2. The van der Waals surface area contributed by atoms with Crippen LogP contribution in [0.3, 0.4) is 0 Å². The summed E-state index contributed by atoms with van der Waals surface area (Å²) in [6.07, 6.45) is -1.28. The van der Waals surface area contributed by atoms with Crippen molar-refractivity contribution in [1.29, 1.82) is 0 Å². The van der Waals surface area contributed by atoms with Crippen LogP contribution in [0.25, 0.3) is 11.0 Å². The number of carbonyl (C=O) groups is 1. The number of fused-ring (bicyclic) bond motifs is 3. The molecule has 8 heteroatoms. The Morgan fingerprint density at radius 2 is 2.22 bits per heavy atom. The van der Waals surface area contributed by atoms with Gasteiger partial charge in [-0.3, -0.25) is 14.7 Å². The SMILES string of the molecule is O=C(NC1CC2CCN1C2)c1cc2oc(C(F)(F)F)cc2cn1. The molecular weight excluding hydrogens is 311 g/mol. The van der Waals surface area contributed by atoms with Gasteiger partial charge in [0.15, 0.2) is 0 Å². The second-order valence-corrected chi connectivity index (χ2v) is 6.09. The molecule has 4 rings (SSSR count). The van der Waals surface area contributed by atoms with Gasteiger partial charge >= 0.3 is 6.18 Å². The maximum absolute atomic E-state index is 12.6. The van der Waals surface area contributed by atoms with Gasteiger partial charge in [0.05, 0.1) is 6.17 Å². The normalized spacial score (nSPS) is 26.8. The van der Waals surface area contributed by atoms with Gasteiger partial charge in [0, 0.05) is 30.7 Å². The summed E-state index contributed by atoms with van der Waals surface area (Å²) >= 11 is 0. The van der Waals surface area contributed by atoms with E-state index in [1.54, 1.807) is 0 Å². The van der Waals surface area contributed by atoms with Gasteiger partial charge in [0.25, 0.3) is 5.91 Å². The van der Waals surface area contributed by atoms with E-state index in [2.05, 4.69) is 15.2 Å². The van der Waals surface area contributed by atoms with Crippen LogP contribution in [0, 0.1) is 5.92 Å². The lowest BCUT2D eigenvalue weighted by atomic mass is 10.0. The van der Waals surface area contributed by atoms with Crippen LogP contribution in [0.15, 0.2) is 22.7 Å². The average molecular weight is 325 g/mol. The van der Waals surface area contributed by atoms with Crippen molar-refractivity contribution < 1.29 is 22.4 Å². The summed E-state index contributed by atoms with van der Waals surface area (Å²) in [5.74, 6) is -0.865. The van der Waals surface area contributed by atoms with E-state index in [1.807, 2.05) is 0 Å². The first kappa shape index (κ1) is 14.5. The summed E-state index contributed by atoms with van der Waals surface area (Å²) in [4.78, 5) is 18.4. The number of nitrogens with one attached hydrogen (secondary N) is 1. The van der Waals surface area contributed by atoms with Crippen LogP contribution in [-0.2, 0) is 6.18 Å². The highest BCUT2D eigenvalue weighted by atomic mass is 19.4. The number of carbonyl (C=O) groups excluding carboxylic acids is 1. The van der Waals surface area contributed by atoms with Crippen LogP contribution in [0.5, 0.6) is 0 Å². The Morgan fingerprint density at radius 3 is 2.87 bits per heavy atom. The number of alkyl halides is 3. The number of hydrogen-bond acceptors (Lipinski definition) is 4. The van der Waals surface area contributed by atoms with Gasteiger partial charge in [-0.05, 0) is 24.8 Å². The molecule has 23 heavy (non-hydrogen) atoms. The first-order chi connectivity index (χ1) is 10.9. The molecule has 2 aromatic rings. The average Bonchev–Trinajstić information content (AvgIpc) is 3.20. The lowest BCUT2D eigenvalue weighted by molar-refractivity contribution is -0.152. The second-order valence-electron chi connectivity index (χ2n) is 6.09. The molecule has 3 unspecified atom stereocenters. The third-order valence-electron chi connectivity index (χ3n) is 4.53. The third-order valence-corrected chi connectivity index (χ3v) is 4.53. The quantitative estimate of drug-likeness (QED) is 0.922. The van der Waals surface area contributed by atoms with E-state index >= 15 is 0 Å². The van der Waals surface area contributed by atoms with Crippen LogP contribution in [-0.4, -0.2) is 35.0 Å². The van der Waals surface area contributed by atoms with Crippen molar-refractivity contribution in [3.8, 4) is 0 Å². The lowest BCUT2D eigenvalue weighted by Gasteiger charge is -2.25. The molecule has 0 saturated carbocycles. The first-order valence-electron chi connectivity index (χ1n) is 7.42. The van der Waals surface area contributed by atoms with Crippen molar-refractivity contribution in [3.05, 3.63) is 29.8 Å². The molecule has 0 aromatic carbocycles. The number of rotatable bonds is 2. The number of halogens is 3. The fraction of sp³-hybridized carbons (Fsp3) is 0.467. The lowest BCUT2D eigenvalue weighted by Crippen LogP contribution is -2.45. The number of furan rings is 1. The zero-order valence-corrected chi connectivity index (χ0v) is 12.1. The molecule has 1 amide bonds. The summed E-state index contributed by atoms with van der Waals surface area (Å²) in [7, 11) is 0. The highest BCUT2D eigenvalue weighted by molar-refractivity contribution is 5.95. The van der Waals surface area contributed by atoms with Gasteiger partial charge in [-0.15, -0.1) is 0 Å². The van der Waals surface area contributed by atoms with E-state index in [1.165, 1.54) is 12.3 Å². The Labute approximate surface area is 129 Å². The molecule has 2 aliphatic heterocycles. The molecule has 4 heterocycles. The standard InChI is InChI=1S/C15H14F3N3O2/c16-15(17,18)12-4-9-6-19-10(5-11(9)23-12)14(22)20-13-3-8-1-2-21(13)7-8/h4-6,8,13H,1-3,7H2,(H,20,22). The van der Waals surface area contributed by atoms with Gasteiger partial charge in [0.2, 0.25) is 5.76 Å². The third kappa shape index (κ3) is 2.56. The first-order valence-corrected chi connectivity index (χ1v) is 7.42. The predicted molar refractivity (Wildman–Crippen MR) is 74.6 cm³/mol. The van der Waals surface area contributed by atoms with Crippen LogP contribution in [0.4, 0.5) is 13.2 Å². The minimum Gasteiger partial charge on any atom is -0.451 e. The molecule has 5 nitrogen and oxygen atoms in total. The molecule has 2 aliphatic rings. The Hall–Kier alpha value is -2.09. The van der Waals surface area contributed by atoms with Crippen molar-refractivity contribution in [1.82, 2.24) is 15.2 Å². The summed E-state index contributed by atoms with van der Waals surface area (Å²) < 4.78 is 42.7. The van der Waals surface area contributed by atoms with Crippen molar-refractivity contribution in [2.24, 2.45) is 5.92 Å². The van der Waals surface area contributed by atoms with Crippen molar-refractivity contribution >= 4 is 16.9 Å². The molecule has 3 atom stereocenters. The number of amides is 1. The Balaban J connectivity index is 1.55. The molecule has 122 valence electrons. The molecule has 0 radical (unpaired) electrons. The predicted octanol–water partition coefficient (Wildman–Crippen LogP) is 2.63. The maximum atomic E-state index is 12.6. The largest absolute Gasteiger partial charge is 0.451 e. The van der Waals surface area contributed by atoms with Crippen molar-refractivity contribution in [2.75, 3.05) is 13.1 Å². The highest BCUT2D eigenvalue weighted by Gasteiger charge is 2.38. The molecule has 1 N–H and O–H groups in total. The van der Waals surface area contributed by atoms with E-state index in [-0.39, 0.29) is 22.8 Å². The molecule has 0 spiro atoms. The monoisotopic (exact) mass is 325 g/mol. The number of aromatic nitrogens is 1. The Bertz CT molecular complexity index is 771. The molecule has 2 bridgehead atoms. The Kier molecular flexibility index (Phi) is 3.12. The topological polar surface area (TPSA) is 58.4 Å². The molecule has 2 aromatic heterocycles. The number of nitrogens with zero attached hydrogens (tertiary/aromatic N) is 2. The summed E-state index contributed by atoms with van der Waals surface area (Å²) in [6.45, 7) is 1.96. The van der Waals surface area contributed by atoms with E-state index in [9.17, 15) is 18.0 Å². The van der Waals surface area contributed by atoms with Gasteiger partial charge in [-0.1, -0.05) is 0 Å². The van der Waals surface area contributed by atoms with E-state index in [0.717, 1.165) is 32.0 Å². The maximum Gasteiger partial charge on any atom is 0.449 e. The van der Waals surface area contributed by atoms with E-state index in [0.29, 0.717) is 5.92 Å². The fourth-order valence-corrected chi connectivity index (χ4v) is 3.38. The minimum absolute atomic E-state index is 0.00530.